The largest absolute Gasteiger partial charge is 0.494 e. The second-order valence-electron chi connectivity index (χ2n) is 7.72. The van der Waals surface area contributed by atoms with Crippen molar-refractivity contribution in [1.29, 1.82) is 0 Å². The Labute approximate surface area is 165 Å². The number of benzene rings is 2. The van der Waals surface area contributed by atoms with E-state index >= 15 is 0 Å². The van der Waals surface area contributed by atoms with E-state index in [1.165, 1.54) is 37.7 Å². The van der Waals surface area contributed by atoms with Gasteiger partial charge in [0.2, 0.25) is 0 Å². The van der Waals surface area contributed by atoms with Crippen molar-refractivity contribution in [3.8, 4) is 17.6 Å². The second-order valence-corrected chi connectivity index (χ2v) is 7.72. The highest BCUT2D eigenvalue weighted by Crippen LogP contribution is 2.36. The fourth-order valence-electron chi connectivity index (χ4n) is 3.86. The molecular formula is C26H32O. The Morgan fingerprint density at radius 1 is 0.815 bits per heavy atom. The zero-order chi connectivity index (χ0) is 18.9. The van der Waals surface area contributed by atoms with Crippen LogP contribution in [0, 0.1) is 17.8 Å². The van der Waals surface area contributed by atoms with Gasteiger partial charge in [-0.15, -0.1) is 0 Å². The molecule has 0 aliphatic heterocycles. The zero-order valence-electron chi connectivity index (χ0n) is 16.8. The third-order valence-corrected chi connectivity index (χ3v) is 5.78. The summed E-state index contributed by atoms with van der Waals surface area (Å²) >= 11 is 0. The summed E-state index contributed by atoms with van der Waals surface area (Å²) in [6, 6.07) is 17.0. The molecule has 0 radical (unpaired) electrons. The number of rotatable bonds is 6. The van der Waals surface area contributed by atoms with Gasteiger partial charge in [-0.1, -0.05) is 50.7 Å². The van der Waals surface area contributed by atoms with E-state index in [1.807, 2.05) is 24.3 Å². The lowest BCUT2D eigenvalue weighted by Crippen LogP contribution is -2.12. The summed E-state index contributed by atoms with van der Waals surface area (Å²) in [4.78, 5) is 0. The molecule has 0 amide bonds. The van der Waals surface area contributed by atoms with Crippen molar-refractivity contribution >= 4 is 0 Å². The summed E-state index contributed by atoms with van der Waals surface area (Å²) < 4.78 is 5.70. The first kappa shape index (κ1) is 19.6. The van der Waals surface area contributed by atoms with E-state index in [4.69, 9.17) is 4.74 Å². The smallest absolute Gasteiger partial charge is 0.119 e. The Morgan fingerprint density at radius 2 is 1.41 bits per heavy atom. The van der Waals surface area contributed by atoms with Crippen LogP contribution in [-0.2, 0) is 0 Å². The molecule has 0 N–H and O–H groups in total. The van der Waals surface area contributed by atoms with Crippen LogP contribution in [-0.4, -0.2) is 6.61 Å². The second kappa shape index (κ2) is 10.2. The maximum atomic E-state index is 5.70. The Morgan fingerprint density at radius 3 is 1.96 bits per heavy atom. The van der Waals surface area contributed by atoms with E-state index in [2.05, 4.69) is 50.0 Å². The Hall–Kier alpha value is -2.20. The first-order valence-corrected chi connectivity index (χ1v) is 10.6. The van der Waals surface area contributed by atoms with Gasteiger partial charge in [0.05, 0.1) is 6.61 Å². The molecule has 1 fully saturated rings. The molecule has 0 bridgehead atoms. The van der Waals surface area contributed by atoms with E-state index in [-0.39, 0.29) is 0 Å². The van der Waals surface area contributed by atoms with Crippen molar-refractivity contribution in [3.05, 3.63) is 65.2 Å². The SMILES string of the molecule is CCCCOc1ccc(C#Cc2ccc(C3CCC(CC)CC3)cc2)cc1. The quantitative estimate of drug-likeness (QED) is 0.400. The van der Waals surface area contributed by atoms with Crippen LogP contribution in [0.25, 0.3) is 0 Å². The first-order chi connectivity index (χ1) is 13.3. The average Bonchev–Trinajstić information content (AvgIpc) is 2.74. The zero-order valence-corrected chi connectivity index (χ0v) is 16.8. The summed E-state index contributed by atoms with van der Waals surface area (Å²) in [6.07, 6.45) is 9.06. The molecule has 0 heterocycles. The van der Waals surface area contributed by atoms with Crippen LogP contribution in [0.4, 0.5) is 0 Å². The number of ether oxygens (including phenoxy) is 1. The van der Waals surface area contributed by atoms with Crippen molar-refractivity contribution < 1.29 is 4.74 Å². The van der Waals surface area contributed by atoms with Gasteiger partial charge >= 0.3 is 0 Å². The van der Waals surface area contributed by atoms with Gasteiger partial charge in [-0.3, -0.25) is 0 Å². The minimum Gasteiger partial charge on any atom is -0.494 e. The summed E-state index contributed by atoms with van der Waals surface area (Å²) in [6.45, 7) is 5.28. The fourth-order valence-corrected chi connectivity index (χ4v) is 3.86. The molecule has 1 aliphatic rings. The van der Waals surface area contributed by atoms with Gasteiger partial charge in [0, 0.05) is 11.1 Å². The van der Waals surface area contributed by atoms with E-state index < -0.39 is 0 Å². The van der Waals surface area contributed by atoms with E-state index in [9.17, 15) is 0 Å². The fraction of sp³-hybridized carbons (Fsp3) is 0.462. The van der Waals surface area contributed by atoms with Crippen molar-refractivity contribution in [2.45, 2.75) is 64.7 Å². The molecule has 142 valence electrons. The van der Waals surface area contributed by atoms with Gasteiger partial charge < -0.3 is 4.74 Å². The van der Waals surface area contributed by atoms with Crippen LogP contribution < -0.4 is 4.74 Å². The summed E-state index contributed by atoms with van der Waals surface area (Å²) in [5.74, 6) is 9.18. The van der Waals surface area contributed by atoms with Gasteiger partial charge in [-0.25, -0.2) is 0 Å². The molecule has 27 heavy (non-hydrogen) atoms. The Bertz CT molecular complexity index is 738. The van der Waals surface area contributed by atoms with Gasteiger partial charge in [-0.2, -0.15) is 0 Å². The van der Waals surface area contributed by atoms with Crippen LogP contribution >= 0.6 is 0 Å². The lowest BCUT2D eigenvalue weighted by molar-refractivity contribution is 0.309. The third kappa shape index (κ3) is 5.90. The third-order valence-electron chi connectivity index (χ3n) is 5.78. The highest BCUT2D eigenvalue weighted by molar-refractivity contribution is 5.45. The maximum Gasteiger partial charge on any atom is 0.119 e. The topological polar surface area (TPSA) is 9.23 Å². The lowest BCUT2D eigenvalue weighted by atomic mass is 9.78. The molecule has 2 aromatic carbocycles. The first-order valence-electron chi connectivity index (χ1n) is 10.6. The van der Waals surface area contributed by atoms with Crippen LogP contribution in [0.15, 0.2) is 48.5 Å². The van der Waals surface area contributed by atoms with Crippen LogP contribution in [0.2, 0.25) is 0 Å². The highest BCUT2D eigenvalue weighted by atomic mass is 16.5. The molecule has 1 heteroatoms. The normalized spacial score (nSPS) is 19.2. The van der Waals surface area contributed by atoms with Gasteiger partial charge in [0.25, 0.3) is 0 Å². The van der Waals surface area contributed by atoms with Crippen molar-refractivity contribution in [1.82, 2.24) is 0 Å². The average molecular weight is 361 g/mol. The molecule has 3 rings (SSSR count). The molecule has 0 unspecified atom stereocenters. The minimum atomic E-state index is 0.745. The maximum absolute atomic E-state index is 5.70. The highest BCUT2D eigenvalue weighted by Gasteiger charge is 2.20. The molecule has 1 saturated carbocycles. The van der Waals surface area contributed by atoms with Gasteiger partial charge in [0.15, 0.2) is 0 Å². The Kier molecular flexibility index (Phi) is 7.40. The summed E-state index contributed by atoms with van der Waals surface area (Å²) in [5.41, 5.74) is 3.60. The van der Waals surface area contributed by atoms with Crippen LogP contribution in [0.5, 0.6) is 5.75 Å². The predicted molar refractivity (Wildman–Crippen MR) is 114 cm³/mol. The molecule has 2 aromatic rings. The van der Waals surface area contributed by atoms with Crippen LogP contribution in [0.3, 0.4) is 0 Å². The standard InChI is InChI=1S/C26H32O/c1-3-5-20-27-26-18-12-23(13-19-26)7-6-22-10-16-25(17-11-22)24-14-8-21(4-2)9-15-24/h10-13,16-19,21,24H,3-5,8-9,14-15,20H2,1-2H3. The molecule has 0 atom stereocenters. The van der Waals surface area contributed by atoms with E-state index in [1.54, 1.807) is 0 Å². The van der Waals surface area contributed by atoms with E-state index in [0.717, 1.165) is 48.2 Å². The molecule has 0 spiro atoms. The molecule has 1 aliphatic carbocycles. The summed E-state index contributed by atoms with van der Waals surface area (Å²) in [5, 5.41) is 0. The monoisotopic (exact) mass is 360 g/mol. The van der Waals surface area contributed by atoms with Crippen molar-refractivity contribution in [2.24, 2.45) is 5.92 Å². The summed E-state index contributed by atoms with van der Waals surface area (Å²) in [7, 11) is 0. The van der Waals surface area contributed by atoms with Crippen molar-refractivity contribution in [3.63, 3.8) is 0 Å². The number of hydrogen-bond donors (Lipinski definition) is 0. The molecule has 0 aromatic heterocycles. The molecule has 0 saturated heterocycles. The van der Waals surface area contributed by atoms with E-state index in [0.29, 0.717) is 0 Å². The van der Waals surface area contributed by atoms with Crippen molar-refractivity contribution in [2.75, 3.05) is 6.61 Å². The Balaban J connectivity index is 1.56. The van der Waals surface area contributed by atoms with Crippen LogP contribution in [0.1, 0.15) is 81.4 Å². The lowest BCUT2D eigenvalue weighted by Gasteiger charge is -2.28. The number of unbranched alkanes of at least 4 members (excludes halogenated alkanes) is 1. The van der Waals surface area contributed by atoms with Gasteiger partial charge in [0.1, 0.15) is 5.75 Å². The minimum absolute atomic E-state index is 0.745. The number of hydrogen-bond acceptors (Lipinski definition) is 1. The van der Waals surface area contributed by atoms with Gasteiger partial charge in [-0.05, 0) is 85.9 Å². The molecular weight excluding hydrogens is 328 g/mol. The molecule has 1 nitrogen and oxygen atoms in total. The predicted octanol–water partition coefficient (Wildman–Crippen LogP) is 6.95.